The third-order valence-corrected chi connectivity index (χ3v) is 5.65. The van der Waals surface area contributed by atoms with Crippen LogP contribution in [-0.2, 0) is 4.79 Å². The average molecular weight is 423 g/mol. The van der Waals surface area contributed by atoms with Crippen molar-refractivity contribution in [3.8, 4) is 5.75 Å². The molecule has 2 N–H and O–H groups in total. The fraction of sp³-hybridized carbons (Fsp3) is 0.636. The number of guanidine groups is 1. The first-order chi connectivity index (χ1) is 14.6. The zero-order chi connectivity index (χ0) is 21.3. The minimum atomic E-state index is -0.724. The van der Waals surface area contributed by atoms with Crippen molar-refractivity contribution in [3.05, 3.63) is 29.8 Å². The predicted octanol–water partition coefficient (Wildman–Crippen LogP) is 3.08. The van der Waals surface area contributed by atoms with Crippen LogP contribution in [0.15, 0.2) is 23.2 Å². The standard InChI is InChI=1S/C22H32F2N4O2/c1-2-25-22(26-11-13-30-20-9-8-17(23)14-19(20)24)27-18-10-12-28(15-18)21(29)16-6-4-3-5-7-16/h8-9,14,16,18H,2-7,10-13,15H2,1H3,(H2,25,26,27). The lowest BCUT2D eigenvalue weighted by atomic mass is 9.88. The number of ether oxygens (including phenoxy) is 1. The second-order valence-electron chi connectivity index (χ2n) is 7.93. The highest BCUT2D eigenvalue weighted by Gasteiger charge is 2.31. The number of carbonyl (C=O) groups excluding carboxylic acids is 1. The van der Waals surface area contributed by atoms with Crippen LogP contribution in [0.3, 0.4) is 0 Å². The molecule has 1 heterocycles. The van der Waals surface area contributed by atoms with E-state index in [0.29, 0.717) is 31.5 Å². The third-order valence-electron chi connectivity index (χ3n) is 5.65. The van der Waals surface area contributed by atoms with Gasteiger partial charge in [-0.05, 0) is 38.3 Å². The van der Waals surface area contributed by atoms with Crippen molar-refractivity contribution >= 4 is 11.9 Å². The summed E-state index contributed by atoms with van der Waals surface area (Å²) in [5.41, 5.74) is 0. The SMILES string of the molecule is CCNC(=NCCOc1ccc(F)cc1F)NC1CCN(C(=O)C2CCCCC2)C1. The van der Waals surface area contributed by atoms with Crippen molar-refractivity contribution in [1.82, 2.24) is 15.5 Å². The smallest absolute Gasteiger partial charge is 0.225 e. The fourth-order valence-corrected chi connectivity index (χ4v) is 4.10. The first-order valence-corrected chi connectivity index (χ1v) is 11.0. The largest absolute Gasteiger partial charge is 0.489 e. The van der Waals surface area contributed by atoms with Crippen molar-refractivity contribution in [2.24, 2.45) is 10.9 Å². The lowest BCUT2D eigenvalue weighted by Gasteiger charge is -2.26. The molecule has 1 aliphatic heterocycles. The van der Waals surface area contributed by atoms with Gasteiger partial charge in [-0.2, -0.15) is 0 Å². The number of benzene rings is 1. The van der Waals surface area contributed by atoms with Gasteiger partial charge in [0.05, 0.1) is 6.54 Å². The maximum Gasteiger partial charge on any atom is 0.225 e. The highest BCUT2D eigenvalue weighted by Crippen LogP contribution is 2.26. The number of nitrogens with zero attached hydrogens (tertiary/aromatic N) is 2. The van der Waals surface area contributed by atoms with Gasteiger partial charge in [-0.3, -0.25) is 4.79 Å². The predicted molar refractivity (Wildman–Crippen MR) is 113 cm³/mol. The molecule has 1 aromatic rings. The number of hydrogen-bond acceptors (Lipinski definition) is 3. The maximum absolute atomic E-state index is 13.6. The van der Waals surface area contributed by atoms with Crippen molar-refractivity contribution in [3.63, 3.8) is 0 Å². The summed E-state index contributed by atoms with van der Waals surface area (Å²) in [5, 5.41) is 6.58. The van der Waals surface area contributed by atoms with E-state index in [-0.39, 0.29) is 24.3 Å². The van der Waals surface area contributed by atoms with Gasteiger partial charge in [-0.25, -0.2) is 13.8 Å². The molecule has 2 fully saturated rings. The van der Waals surface area contributed by atoms with Crippen molar-refractivity contribution in [2.45, 2.75) is 51.5 Å². The summed E-state index contributed by atoms with van der Waals surface area (Å²) in [6.07, 6.45) is 6.49. The quantitative estimate of drug-likeness (QED) is 0.403. The van der Waals surface area contributed by atoms with E-state index in [1.807, 2.05) is 11.8 Å². The molecule has 3 rings (SSSR count). The zero-order valence-corrected chi connectivity index (χ0v) is 17.6. The molecule has 6 nitrogen and oxygen atoms in total. The normalized spacial score (nSPS) is 20.3. The Balaban J connectivity index is 1.45. The van der Waals surface area contributed by atoms with Crippen molar-refractivity contribution < 1.29 is 18.3 Å². The van der Waals surface area contributed by atoms with Gasteiger partial charge in [0, 0.05) is 37.7 Å². The number of rotatable bonds is 7. The van der Waals surface area contributed by atoms with Crippen LogP contribution in [0.1, 0.15) is 45.4 Å². The molecule has 8 heteroatoms. The summed E-state index contributed by atoms with van der Waals surface area (Å²) in [7, 11) is 0. The molecule has 166 valence electrons. The summed E-state index contributed by atoms with van der Waals surface area (Å²) < 4.78 is 31.9. The molecule has 0 aromatic heterocycles. The second-order valence-corrected chi connectivity index (χ2v) is 7.93. The number of hydrogen-bond donors (Lipinski definition) is 2. The van der Waals surface area contributed by atoms with Crippen LogP contribution in [0.5, 0.6) is 5.75 Å². The monoisotopic (exact) mass is 422 g/mol. The lowest BCUT2D eigenvalue weighted by Crippen LogP contribution is -2.45. The van der Waals surface area contributed by atoms with Crippen LogP contribution in [-0.4, -0.2) is 55.6 Å². The second kappa shape index (κ2) is 11.1. The van der Waals surface area contributed by atoms with Gasteiger partial charge in [-0.1, -0.05) is 19.3 Å². The Labute approximate surface area is 177 Å². The van der Waals surface area contributed by atoms with Crippen LogP contribution in [0.25, 0.3) is 0 Å². The van der Waals surface area contributed by atoms with Crippen LogP contribution < -0.4 is 15.4 Å². The topological polar surface area (TPSA) is 66.0 Å². The summed E-state index contributed by atoms with van der Waals surface area (Å²) in [4.78, 5) is 19.2. The molecule has 1 aliphatic carbocycles. The van der Waals surface area contributed by atoms with Crippen LogP contribution in [0, 0.1) is 17.6 Å². The molecule has 30 heavy (non-hydrogen) atoms. The molecular formula is C22H32F2N4O2. The Bertz CT molecular complexity index is 738. The van der Waals surface area contributed by atoms with Gasteiger partial charge in [0.25, 0.3) is 0 Å². The number of carbonyl (C=O) groups is 1. The van der Waals surface area contributed by atoms with Gasteiger partial charge in [-0.15, -0.1) is 0 Å². The molecule has 1 amide bonds. The van der Waals surface area contributed by atoms with Crippen molar-refractivity contribution in [1.29, 1.82) is 0 Å². The number of nitrogens with one attached hydrogen (secondary N) is 2. The maximum atomic E-state index is 13.6. The average Bonchev–Trinajstić information content (AvgIpc) is 3.21. The van der Waals surface area contributed by atoms with Gasteiger partial charge in [0.1, 0.15) is 12.4 Å². The minimum absolute atomic E-state index is 0.0113. The number of aliphatic imine (C=N–C) groups is 1. The van der Waals surface area contributed by atoms with Crippen LogP contribution in [0.4, 0.5) is 8.78 Å². The van der Waals surface area contributed by atoms with Gasteiger partial charge in [0.15, 0.2) is 17.5 Å². The number of amides is 1. The van der Waals surface area contributed by atoms with Gasteiger partial charge >= 0.3 is 0 Å². The molecule has 0 spiro atoms. The van der Waals surface area contributed by atoms with Crippen LogP contribution in [0.2, 0.25) is 0 Å². The van der Waals surface area contributed by atoms with E-state index in [1.165, 1.54) is 12.5 Å². The zero-order valence-electron chi connectivity index (χ0n) is 17.6. The third kappa shape index (κ3) is 6.31. The van der Waals surface area contributed by atoms with Crippen molar-refractivity contribution in [2.75, 3.05) is 32.8 Å². The fourth-order valence-electron chi connectivity index (χ4n) is 4.10. The van der Waals surface area contributed by atoms with Gasteiger partial charge < -0.3 is 20.3 Å². The summed E-state index contributed by atoms with van der Waals surface area (Å²) >= 11 is 0. The van der Waals surface area contributed by atoms with E-state index in [9.17, 15) is 13.6 Å². The molecule has 2 aliphatic rings. The minimum Gasteiger partial charge on any atom is -0.489 e. The Morgan fingerprint density at radius 2 is 2.03 bits per heavy atom. The molecule has 0 radical (unpaired) electrons. The molecule has 1 saturated carbocycles. The Morgan fingerprint density at radius 1 is 1.23 bits per heavy atom. The Morgan fingerprint density at radius 3 is 2.77 bits per heavy atom. The molecule has 1 aromatic carbocycles. The molecule has 0 bridgehead atoms. The Kier molecular flexibility index (Phi) is 8.28. The first kappa shape index (κ1) is 22.3. The molecule has 1 saturated heterocycles. The molecular weight excluding hydrogens is 390 g/mol. The number of likely N-dealkylation sites (tertiary alicyclic amines) is 1. The highest BCUT2D eigenvalue weighted by atomic mass is 19.1. The van der Waals surface area contributed by atoms with E-state index >= 15 is 0 Å². The first-order valence-electron chi connectivity index (χ1n) is 11.0. The van der Waals surface area contributed by atoms with E-state index in [0.717, 1.165) is 50.8 Å². The molecule has 1 unspecified atom stereocenters. The number of halogens is 2. The highest BCUT2D eigenvalue weighted by molar-refractivity contribution is 5.81. The summed E-state index contributed by atoms with van der Waals surface area (Å²) in [6, 6.07) is 3.39. The van der Waals surface area contributed by atoms with Crippen LogP contribution >= 0.6 is 0 Å². The summed E-state index contributed by atoms with van der Waals surface area (Å²) in [5.74, 6) is -0.198. The van der Waals surface area contributed by atoms with E-state index in [4.69, 9.17) is 4.74 Å². The Hall–Kier alpha value is -2.38. The van der Waals surface area contributed by atoms with Gasteiger partial charge in [0.2, 0.25) is 5.91 Å². The summed E-state index contributed by atoms with van der Waals surface area (Å²) in [6.45, 7) is 4.65. The van der Waals surface area contributed by atoms with E-state index in [1.54, 1.807) is 0 Å². The van der Waals surface area contributed by atoms with E-state index in [2.05, 4.69) is 15.6 Å². The lowest BCUT2D eigenvalue weighted by molar-refractivity contribution is -0.135. The molecule has 1 atom stereocenters. The van der Waals surface area contributed by atoms with E-state index < -0.39 is 11.6 Å².